The molecule has 1 unspecified atom stereocenters. The molecule has 0 bridgehead atoms. The Morgan fingerprint density at radius 1 is 1.18 bits per heavy atom. The summed E-state index contributed by atoms with van der Waals surface area (Å²) >= 11 is 0. The Kier molecular flexibility index (Phi) is 6.68. The van der Waals surface area contributed by atoms with Gasteiger partial charge in [-0.1, -0.05) is 39.0 Å². The number of unbranched alkanes of at least 4 members (excludes halogenated alkanes) is 4. The zero-order chi connectivity index (χ0) is 12.5. The summed E-state index contributed by atoms with van der Waals surface area (Å²) in [7, 11) is 0. The van der Waals surface area contributed by atoms with Gasteiger partial charge in [-0.3, -0.25) is 4.98 Å². The number of rotatable bonds is 8. The second-order valence-corrected chi connectivity index (χ2v) is 4.94. The molecule has 1 aromatic heterocycles. The van der Waals surface area contributed by atoms with Crippen molar-refractivity contribution in [2.45, 2.75) is 65.3 Å². The van der Waals surface area contributed by atoms with Crippen molar-refractivity contribution in [2.75, 3.05) is 5.32 Å². The number of nitrogens with zero attached hydrogens (tertiary/aromatic N) is 1. The quantitative estimate of drug-likeness (QED) is 0.667. The van der Waals surface area contributed by atoms with E-state index in [-0.39, 0.29) is 0 Å². The molecule has 0 fully saturated rings. The van der Waals surface area contributed by atoms with E-state index in [1.807, 2.05) is 13.1 Å². The Morgan fingerprint density at radius 2 is 1.94 bits per heavy atom. The SMILES string of the molecule is CCCCCCCC(C)Nc1ccc(C)nc1. The van der Waals surface area contributed by atoms with Crippen LogP contribution in [0.15, 0.2) is 18.3 Å². The van der Waals surface area contributed by atoms with Crippen molar-refractivity contribution in [3.05, 3.63) is 24.0 Å². The summed E-state index contributed by atoms with van der Waals surface area (Å²) in [5.74, 6) is 0. The van der Waals surface area contributed by atoms with Crippen LogP contribution < -0.4 is 5.32 Å². The summed E-state index contributed by atoms with van der Waals surface area (Å²) < 4.78 is 0. The average Bonchev–Trinajstić information content (AvgIpc) is 2.32. The normalized spacial score (nSPS) is 12.4. The lowest BCUT2D eigenvalue weighted by molar-refractivity contribution is 0.578. The van der Waals surface area contributed by atoms with Gasteiger partial charge in [-0.15, -0.1) is 0 Å². The maximum Gasteiger partial charge on any atom is 0.0528 e. The van der Waals surface area contributed by atoms with Crippen LogP contribution >= 0.6 is 0 Å². The molecule has 1 rings (SSSR count). The predicted octanol–water partition coefficient (Wildman–Crippen LogP) is 4.55. The van der Waals surface area contributed by atoms with E-state index in [9.17, 15) is 0 Å². The third kappa shape index (κ3) is 6.30. The van der Waals surface area contributed by atoms with Gasteiger partial charge >= 0.3 is 0 Å². The van der Waals surface area contributed by atoms with Crippen LogP contribution in [0.4, 0.5) is 5.69 Å². The first-order valence-corrected chi connectivity index (χ1v) is 6.91. The number of aryl methyl sites for hydroxylation is 1. The van der Waals surface area contributed by atoms with Gasteiger partial charge in [-0.05, 0) is 32.4 Å². The molecular formula is C15H26N2. The van der Waals surface area contributed by atoms with E-state index in [1.165, 1.54) is 38.5 Å². The van der Waals surface area contributed by atoms with Crippen LogP contribution in [0.25, 0.3) is 0 Å². The third-order valence-corrected chi connectivity index (χ3v) is 3.07. The molecule has 1 heterocycles. The van der Waals surface area contributed by atoms with E-state index >= 15 is 0 Å². The number of pyridine rings is 1. The molecular weight excluding hydrogens is 208 g/mol. The topological polar surface area (TPSA) is 24.9 Å². The van der Waals surface area contributed by atoms with Crippen molar-refractivity contribution in [3.63, 3.8) is 0 Å². The molecule has 0 amide bonds. The van der Waals surface area contributed by atoms with Crippen LogP contribution in [0.1, 0.15) is 58.1 Å². The van der Waals surface area contributed by atoms with E-state index in [0.717, 1.165) is 11.4 Å². The molecule has 0 spiro atoms. The number of anilines is 1. The molecule has 1 atom stereocenters. The molecule has 0 aliphatic rings. The van der Waals surface area contributed by atoms with Crippen molar-refractivity contribution >= 4 is 5.69 Å². The fraction of sp³-hybridized carbons (Fsp3) is 0.667. The molecule has 2 nitrogen and oxygen atoms in total. The van der Waals surface area contributed by atoms with Crippen molar-refractivity contribution in [1.29, 1.82) is 0 Å². The Hall–Kier alpha value is -1.05. The number of aromatic nitrogens is 1. The second-order valence-electron chi connectivity index (χ2n) is 4.94. The molecule has 0 aliphatic heterocycles. The molecule has 0 saturated carbocycles. The van der Waals surface area contributed by atoms with Crippen LogP contribution in [0.2, 0.25) is 0 Å². The maximum absolute atomic E-state index is 4.29. The number of nitrogens with one attached hydrogen (secondary N) is 1. The lowest BCUT2D eigenvalue weighted by Gasteiger charge is -2.14. The predicted molar refractivity (Wildman–Crippen MR) is 75.4 cm³/mol. The highest BCUT2D eigenvalue weighted by molar-refractivity contribution is 5.41. The summed E-state index contributed by atoms with van der Waals surface area (Å²) in [5, 5.41) is 3.50. The number of hydrogen-bond acceptors (Lipinski definition) is 2. The van der Waals surface area contributed by atoms with Gasteiger partial charge in [0.2, 0.25) is 0 Å². The number of hydrogen-bond donors (Lipinski definition) is 1. The standard InChI is InChI=1S/C15H26N2/c1-4-5-6-7-8-9-14(3)17-15-11-10-13(2)16-12-15/h10-12,14,17H,4-9H2,1-3H3. The lowest BCUT2D eigenvalue weighted by atomic mass is 10.1. The first-order chi connectivity index (χ1) is 8.22. The highest BCUT2D eigenvalue weighted by Crippen LogP contribution is 2.12. The minimum absolute atomic E-state index is 0.543. The smallest absolute Gasteiger partial charge is 0.0528 e. The van der Waals surface area contributed by atoms with Gasteiger partial charge in [0.05, 0.1) is 11.9 Å². The Balaban J connectivity index is 2.16. The van der Waals surface area contributed by atoms with Crippen molar-refractivity contribution in [2.24, 2.45) is 0 Å². The summed E-state index contributed by atoms with van der Waals surface area (Å²) in [6.45, 7) is 6.52. The van der Waals surface area contributed by atoms with Crippen LogP contribution in [0.5, 0.6) is 0 Å². The van der Waals surface area contributed by atoms with E-state index in [2.05, 4.69) is 36.3 Å². The summed E-state index contributed by atoms with van der Waals surface area (Å²) in [5.41, 5.74) is 2.21. The van der Waals surface area contributed by atoms with Crippen LogP contribution in [-0.4, -0.2) is 11.0 Å². The molecule has 0 radical (unpaired) electrons. The second kappa shape index (κ2) is 8.10. The fourth-order valence-corrected chi connectivity index (χ4v) is 1.96. The summed E-state index contributed by atoms with van der Waals surface area (Å²) in [6, 6.07) is 4.70. The molecule has 1 aromatic rings. The van der Waals surface area contributed by atoms with Crippen molar-refractivity contribution < 1.29 is 0 Å². The highest BCUT2D eigenvalue weighted by Gasteiger charge is 2.01. The van der Waals surface area contributed by atoms with E-state index in [4.69, 9.17) is 0 Å². The average molecular weight is 234 g/mol. The highest BCUT2D eigenvalue weighted by atomic mass is 14.9. The third-order valence-electron chi connectivity index (χ3n) is 3.07. The molecule has 0 saturated heterocycles. The van der Waals surface area contributed by atoms with Gasteiger partial charge in [-0.2, -0.15) is 0 Å². The van der Waals surface area contributed by atoms with Crippen LogP contribution in [0.3, 0.4) is 0 Å². The van der Waals surface area contributed by atoms with Gasteiger partial charge in [0.1, 0.15) is 0 Å². The van der Waals surface area contributed by atoms with Crippen LogP contribution in [-0.2, 0) is 0 Å². The Morgan fingerprint density at radius 3 is 2.59 bits per heavy atom. The van der Waals surface area contributed by atoms with Gasteiger partial charge in [0.15, 0.2) is 0 Å². The monoisotopic (exact) mass is 234 g/mol. The molecule has 96 valence electrons. The van der Waals surface area contributed by atoms with E-state index in [1.54, 1.807) is 0 Å². The zero-order valence-electron chi connectivity index (χ0n) is 11.5. The molecule has 0 aliphatic carbocycles. The first kappa shape index (κ1) is 14.0. The Labute approximate surface area is 106 Å². The fourth-order valence-electron chi connectivity index (χ4n) is 1.96. The van der Waals surface area contributed by atoms with Gasteiger partial charge in [0, 0.05) is 11.7 Å². The zero-order valence-corrected chi connectivity index (χ0v) is 11.5. The maximum atomic E-state index is 4.29. The van der Waals surface area contributed by atoms with Gasteiger partial charge < -0.3 is 5.32 Å². The minimum atomic E-state index is 0.543. The summed E-state index contributed by atoms with van der Waals surface area (Å²) in [6.07, 6.45) is 9.95. The van der Waals surface area contributed by atoms with E-state index in [0.29, 0.717) is 6.04 Å². The minimum Gasteiger partial charge on any atom is -0.381 e. The van der Waals surface area contributed by atoms with Crippen molar-refractivity contribution in [3.8, 4) is 0 Å². The van der Waals surface area contributed by atoms with Crippen molar-refractivity contribution in [1.82, 2.24) is 4.98 Å². The first-order valence-electron chi connectivity index (χ1n) is 6.91. The van der Waals surface area contributed by atoms with Crippen LogP contribution in [0, 0.1) is 6.92 Å². The molecule has 2 heteroatoms. The molecule has 1 N–H and O–H groups in total. The molecule has 17 heavy (non-hydrogen) atoms. The lowest BCUT2D eigenvalue weighted by Crippen LogP contribution is -2.14. The summed E-state index contributed by atoms with van der Waals surface area (Å²) in [4.78, 5) is 4.29. The van der Waals surface area contributed by atoms with E-state index < -0.39 is 0 Å². The Bertz CT molecular complexity index is 292. The van der Waals surface area contributed by atoms with Gasteiger partial charge in [-0.25, -0.2) is 0 Å². The van der Waals surface area contributed by atoms with Gasteiger partial charge in [0.25, 0.3) is 0 Å². The molecule has 0 aromatic carbocycles. The largest absolute Gasteiger partial charge is 0.381 e.